The molecule has 6 heteroatoms. The molecule has 0 aromatic heterocycles. The molecule has 26 heavy (non-hydrogen) atoms. The Morgan fingerprint density at radius 3 is 2.15 bits per heavy atom. The van der Waals surface area contributed by atoms with Crippen molar-refractivity contribution in [3.05, 3.63) is 70.2 Å². The number of fused-ring (bicyclic) bond motifs is 1. The van der Waals surface area contributed by atoms with Crippen LogP contribution in [0.2, 0.25) is 0 Å². The Morgan fingerprint density at radius 2 is 1.62 bits per heavy atom. The molecule has 1 atom stereocenters. The molecule has 1 aliphatic rings. The van der Waals surface area contributed by atoms with E-state index in [0.717, 1.165) is 17.4 Å². The molecule has 3 rings (SSSR count). The summed E-state index contributed by atoms with van der Waals surface area (Å²) in [5.74, 6) is -0.624. The van der Waals surface area contributed by atoms with Crippen molar-refractivity contribution in [3.8, 4) is 0 Å². The fraction of sp³-hybridized carbons (Fsp3) is 0.300. The average molecular weight is 361 g/mol. The number of carbonyl (C=O) groups is 1. The van der Waals surface area contributed by atoms with Gasteiger partial charge in [-0.1, -0.05) is 30.3 Å². The van der Waals surface area contributed by atoms with Gasteiger partial charge in [0.05, 0.1) is 10.9 Å². The predicted octanol–water partition coefficient (Wildman–Crippen LogP) is 3.36. The molecule has 0 spiro atoms. The molecule has 2 aromatic carbocycles. The Morgan fingerprint density at radius 1 is 1.00 bits per heavy atom. The first-order valence-corrected chi connectivity index (χ1v) is 8.10. The van der Waals surface area contributed by atoms with E-state index in [9.17, 15) is 18.0 Å². The Hall–Kier alpha value is -2.63. The minimum absolute atomic E-state index is 0.330. The van der Waals surface area contributed by atoms with Crippen LogP contribution < -0.4 is 10.6 Å². The van der Waals surface area contributed by atoms with Crippen LogP contribution in [0.3, 0.4) is 0 Å². The molecule has 0 amide bonds. The van der Waals surface area contributed by atoms with Gasteiger partial charge in [0, 0.05) is 0 Å². The van der Waals surface area contributed by atoms with Crippen LogP contribution in [0.1, 0.15) is 31.9 Å². The number of esters is 1. The van der Waals surface area contributed by atoms with E-state index in [2.05, 4.69) is 4.99 Å². The van der Waals surface area contributed by atoms with Crippen molar-refractivity contribution in [1.82, 2.24) is 0 Å². The number of hydrogen-bond acceptors (Lipinski definition) is 3. The molecule has 1 heterocycles. The quantitative estimate of drug-likeness (QED) is 0.770. The van der Waals surface area contributed by atoms with Crippen molar-refractivity contribution in [1.29, 1.82) is 0 Å². The molecular formula is C20H18F3NO2. The summed E-state index contributed by atoms with van der Waals surface area (Å²) in [4.78, 5) is 17.5. The van der Waals surface area contributed by atoms with Crippen molar-refractivity contribution in [3.63, 3.8) is 0 Å². The summed E-state index contributed by atoms with van der Waals surface area (Å²) >= 11 is 0. The molecule has 136 valence electrons. The molecule has 2 aromatic rings. The standard InChI is InChI=1S/C20H18F3NO2/c1-18(2,3)26-17(25)19(12-13-6-4-5-7-16(13)24-19)14-8-10-15(11-9-14)20(21,22)23/h4-12H,1-3H3. The number of halogens is 3. The molecule has 1 unspecified atom stereocenters. The van der Waals surface area contributed by atoms with Gasteiger partial charge in [0.2, 0.25) is 5.54 Å². The fourth-order valence-electron chi connectivity index (χ4n) is 2.80. The molecule has 3 nitrogen and oxygen atoms in total. The van der Waals surface area contributed by atoms with Gasteiger partial charge >= 0.3 is 12.1 Å². The molecule has 0 saturated carbocycles. The summed E-state index contributed by atoms with van der Waals surface area (Å²) in [6, 6.07) is 11.6. The lowest BCUT2D eigenvalue weighted by Gasteiger charge is -2.28. The average Bonchev–Trinajstić information content (AvgIpc) is 2.93. The second kappa shape index (κ2) is 5.97. The van der Waals surface area contributed by atoms with Gasteiger partial charge in [-0.2, -0.15) is 13.2 Å². The second-order valence-corrected chi connectivity index (χ2v) is 7.16. The summed E-state index contributed by atoms with van der Waals surface area (Å²) in [6.07, 6.45) is -2.81. The van der Waals surface area contributed by atoms with E-state index in [1.54, 1.807) is 45.0 Å². The number of benzene rings is 2. The van der Waals surface area contributed by atoms with Gasteiger partial charge in [-0.3, -0.25) is 4.99 Å². The van der Waals surface area contributed by atoms with E-state index in [0.29, 0.717) is 10.9 Å². The normalized spacial score (nSPS) is 19.3. The fourth-order valence-corrected chi connectivity index (χ4v) is 2.80. The first-order chi connectivity index (χ1) is 12.0. The smallest absolute Gasteiger partial charge is 0.416 e. The molecule has 0 N–H and O–H groups in total. The third kappa shape index (κ3) is 3.36. The van der Waals surface area contributed by atoms with Gasteiger partial charge in [0.25, 0.3) is 0 Å². The minimum Gasteiger partial charge on any atom is -0.458 e. The molecule has 0 fully saturated rings. The van der Waals surface area contributed by atoms with Crippen LogP contribution in [-0.2, 0) is 21.2 Å². The monoisotopic (exact) mass is 361 g/mol. The van der Waals surface area contributed by atoms with Gasteiger partial charge in [-0.15, -0.1) is 0 Å². The van der Waals surface area contributed by atoms with E-state index < -0.39 is 28.8 Å². The lowest BCUT2D eigenvalue weighted by atomic mass is 9.89. The molecular weight excluding hydrogens is 343 g/mol. The van der Waals surface area contributed by atoms with Crippen LogP contribution in [-0.4, -0.2) is 11.6 Å². The molecule has 1 aliphatic heterocycles. The maximum absolute atomic E-state index is 13.0. The predicted molar refractivity (Wildman–Crippen MR) is 90.7 cm³/mol. The zero-order valence-electron chi connectivity index (χ0n) is 14.6. The van der Waals surface area contributed by atoms with E-state index in [-0.39, 0.29) is 0 Å². The number of carbonyl (C=O) groups excluding carboxylic acids is 1. The van der Waals surface area contributed by atoms with Crippen molar-refractivity contribution < 1.29 is 22.7 Å². The van der Waals surface area contributed by atoms with Gasteiger partial charge in [-0.05, 0) is 55.8 Å². The van der Waals surface area contributed by atoms with Crippen LogP contribution >= 0.6 is 0 Å². The van der Waals surface area contributed by atoms with Crippen LogP contribution in [0, 0.1) is 0 Å². The highest BCUT2D eigenvalue weighted by Crippen LogP contribution is 2.35. The van der Waals surface area contributed by atoms with Crippen molar-refractivity contribution >= 4 is 12.0 Å². The molecule has 0 aliphatic carbocycles. The third-order valence-corrected chi connectivity index (χ3v) is 3.96. The SMILES string of the molecule is CC(C)(C)OC(=O)C1(c2ccc(C(F)(F)F)cc2)C=c2ccccc2=N1. The highest BCUT2D eigenvalue weighted by molar-refractivity contribution is 5.91. The first kappa shape index (κ1) is 18.2. The number of hydrogen-bond donors (Lipinski definition) is 0. The van der Waals surface area contributed by atoms with Crippen molar-refractivity contribution in [2.24, 2.45) is 4.99 Å². The van der Waals surface area contributed by atoms with E-state index in [1.165, 1.54) is 12.1 Å². The number of alkyl halides is 3. The Balaban J connectivity index is 2.14. The van der Waals surface area contributed by atoms with Crippen LogP contribution in [0.4, 0.5) is 13.2 Å². The summed E-state index contributed by atoms with van der Waals surface area (Å²) in [6.45, 7) is 5.19. The molecule has 0 bridgehead atoms. The van der Waals surface area contributed by atoms with Crippen LogP contribution in [0.25, 0.3) is 6.08 Å². The van der Waals surface area contributed by atoms with Crippen molar-refractivity contribution in [2.45, 2.75) is 38.1 Å². The highest BCUT2D eigenvalue weighted by Gasteiger charge is 2.43. The largest absolute Gasteiger partial charge is 0.458 e. The summed E-state index contributed by atoms with van der Waals surface area (Å²) in [7, 11) is 0. The van der Waals surface area contributed by atoms with Crippen LogP contribution in [0.15, 0.2) is 53.5 Å². The van der Waals surface area contributed by atoms with Crippen molar-refractivity contribution in [2.75, 3.05) is 0 Å². The third-order valence-electron chi connectivity index (χ3n) is 3.96. The molecule has 0 saturated heterocycles. The van der Waals surface area contributed by atoms with Gasteiger partial charge < -0.3 is 4.74 Å². The maximum atomic E-state index is 13.0. The Kier molecular flexibility index (Phi) is 4.17. The van der Waals surface area contributed by atoms with E-state index in [1.807, 2.05) is 6.07 Å². The van der Waals surface area contributed by atoms with Crippen LogP contribution in [0.5, 0.6) is 0 Å². The summed E-state index contributed by atoms with van der Waals surface area (Å²) in [5.41, 5.74) is -2.71. The van der Waals surface area contributed by atoms with E-state index >= 15 is 0 Å². The number of rotatable bonds is 2. The summed E-state index contributed by atoms with van der Waals surface area (Å²) in [5, 5.41) is 1.33. The number of nitrogens with zero attached hydrogens (tertiary/aromatic N) is 1. The Bertz CT molecular complexity index is 919. The summed E-state index contributed by atoms with van der Waals surface area (Å²) < 4.78 is 44.1. The van der Waals surface area contributed by atoms with Gasteiger partial charge in [0.15, 0.2) is 0 Å². The minimum atomic E-state index is -4.45. The lowest BCUT2D eigenvalue weighted by Crippen LogP contribution is -2.38. The Labute approximate surface area is 148 Å². The highest BCUT2D eigenvalue weighted by atomic mass is 19.4. The lowest BCUT2D eigenvalue weighted by molar-refractivity contribution is -0.159. The maximum Gasteiger partial charge on any atom is 0.416 e. The zero-order valence-corrected chi connectivity index (χ0v) is 14.6. The number of para-hydroxylation sites is 1. The first-order valence-electron chi connectivity index (χ1n) is 8.10. The van der Waals surface area contributed by atoms with E-state index in [4.69, 9.17) is 4.74 Å². The zero-order chi connectivity index (χ0) is 19.2. The topological polar surface area (TPSA) is 38.7 Å². The molecule has 0 radical (unpaired) electrons. The van der Waals surface area contributed by atoms with Gasteiger partial charge in [-0.25, -0.2) is 4.79 Å². The second-order valence-electron chi connectivity index (χ2n) is 7.16. The van der Waals surface area contributed by atoms with Gasteiger partial charge in [0.1, 0.15) is 5.60 Å². The number of ether oxygens (including phenoxy) is 1.